The zero-order chi connectivity index (χ0) is 10.8. The Morgan fingerprint density at radius 1 is 1.27 bits per heavy atom. The van der Waals surface area contributed by atoms with Gasteiger partial charge in [0.2, 0.25) is 0 Å². The summed E-state index contributed by atoms with van der Waals surface area (Å²) >= 11 is 8.80. The Morgan fingerprint density at radius 2 is 2.07 bits per heavy atom. The Bertz CT molecular complexity index is 465. The molecule has 2 aromatic rings. The van der Waals surface area contributed by atoms with Gasteiger partial charge in [0.25, 0.3) is 0 Å². The lowest BCUT2D eigenvalue weighted by Gasteiger charge is -1.98. The van der Waals surface area contributed by atoms with Crippen molar-refractivity contribution in [2.75, 3.05) is 0 Å². The molecule has 0 aliphatic rings. The van der Waals surface area contributed by atoms with Gasteiger partial charge < -0.3 is 0 Å². The van der Waals surface area contributed by atoms with Gasteiger partial charge in [-0.05, 0) is 25.6 Å². The van der Waals surface area contributed by atoms with E-state index in [0.717, 1.165) is 14.4 Å². The molecule has 0 fully saturated rings. The van der Waals surface area contributed by atoms with Crippen LogP contribution in [0.5, 0.6) is 0 Å². The number of hydrogen-bond acceptors (Lipinski definition) is 6. The molecule has 2 rings (SSSR count). The van der Waals surface area contributed by atoms with Crippen LogP contribution in [0.4, 0.5) is 0 Å². The van der Waals surface area contributed by atoms with E-state index in [1.807, 2.05) is 6.92 Å². The van der Waals surface area contributed by atoms with E-state index in [4.69, 9.17) is 11.6 Å². The van der Waals surface area contributed by atoms with Crippen LogP contribution in [0.25, 0.3) is 0 Å². The van der Waals surface area contributed by atoms with Gasteiger partial charge in [0.05, 0.1) is 0 Å². The monoisotopic (exact) mass is 258 g/mol. The molecular formula is C8H7ClN4S2. The second kappa shape index (κ2) is 4.42. The van der Waals surface area contributed by atoms with E-state index in [-0.39, 0.29) is 0 Å². The van der Waals surface area contributed by atoms with E-state index in [1.165, 1.54) is 23.1 Å². The van der Waals surface area contributed by atoms with E-state index in [9.17, 15) is 0 Å². The molecule has 0 amide bonds. The second-order valence-electron chi connectivity index (χ2n) is 2.77. The zero-order valence-electron chi connectivity index (χ0n) is 8.06. The van der Waals surface area contributed by atoms with Crippen LogP contribution in [0, 0.1) is 13.8 Å². The first kappa shape index (κ1) is 10.8. The van der Waals surface area contributed by atoms with Crippen LogP contribution in [0.3, 0.4) is 0 Å². The lowest BCUT2D eigenvalue weighted by Crippen LogP contribution is -1.89. The first-order chi connectivity index (χ1) is 7.13. The fraction of sp³-hybridized carbons (Fsp3) is 0.250. The van der Waals surface area contributed by atoms with E-state index in [1.54, 1.807) is 13.0 Å². The standard InChI is InChI=1S/C8H7ClN4S2/c1-4-10-6(9)3-7(11-4)15-8-13-12-5(2)14-8/h3H,1-2H3. The number of nitrogens with zero attached hydrogens (tertiary/aromatic N) is 4. The quantitative estimate of drug-likeness (QED) is 0.776. The van der Waals surface area contributed by atoms with E-state index < -0.39 is 0 Å². The van der Waals surface area contributed by atoms with Crippen LogP contribution in [-0.2, 0) is 0 Å². The molecule has 0 aliphatic heterocycles. The van der Waals surface area contributed by atoms with Gasteiger partial charge in [-0.2, -0.15) is 0 Å². The number of hydrogen-bond donors (Lipinski definition) is 0. The Balaban J connectivity index is 2.24. The Morgan fingerprint density at radius 3 is 2.67 bits per heavy atom. The van der Waals surface area contributed by atoms with Crippen molar-refractivity contribution >= 4 is 34.7 Å². The van der Waals surface area contributed by atoms with Gasteiger partial charge in [-0.25, -0.2) is 9.97 Å². The molecule has 7 heteroatoms. The summed E-state index contributed by atoms with van der Waals surface area (Å²) in [6, 6.07) is 1.72. The zero-order valence-corrected chi connectivity index (χ0v) is 10.4. The van der Waals surface area contributed by atoms with Gasteiger partial charge in [-0.1, -0.05) is 22.9 Å². The SMILES string of the molecule is Cc1nc(Cl)cc(Sc2nnc(C)s2)n1. The summed E-state index contributed by atoms with van der Waals surface area (Å²) in [6.45, 7) is 3.72. The van der Waals surface area contributed by atoms with Crippen molar-refractivity contribution in [3.05, 3.63) is 22.1 Å². The highest BCUT2D eigenvalue weighted by atomic mass is 35.5. The molecule has 0 saturated carbocycles. The minimum atomic E-state index is 0.450. The fourth-order valence-electron chi connectivity index (χ4n) is 0.967. The lowest BCUT2D eigenvalue weighted by atomic mass is 10.6. The first-order valence-corrected chi connectivity index (χ1v) is 6.14. The smallest absolute Gasteiger partial charge is 0.180 e. The molecule has 78 valence electrons. The molecule has 0 N–H and O–H groups in total. The number of rotatable bonds is 2. The van der Waals surface area contributed by atoms with Crippen molar-refractivity contribution in [2.45, 2.75) is 23.2 Å². The summed E-state index contributed by atoms with van der Waals surface area (Å²) in [4.78, 5) is 8.23. The minimum Gasteiger partial charge on any atom is -0.226 e. The van der Waals surface area contributed by atoms with Crippen molar-refractivity contribution in [3.63, 3.8) is 0 Å². The van der Waals surface area contributed by atoms with Crippen LogP contribution in [0.2, 0.25) is 5.15 Å². The summed E-state index contributed by atoms with van der Waals surface area (Å²) in [5, 5.41) is 10.1. The Labute approximate surface area is 100 Å². The predicted molar refractivity (Wildman–Crippen MR) is 60.5 cm³/mol. The Kier molecular flexibility index (Phi) is 3.18. The van der Waals surface area contributed by atoms with E-state index in [0.29, 0.717) is 11.0 Å². The average molecular weight is 259 g/mol. The van der Waals surface area contributed by atoms with Gasteiger partial charge in [-0.3, -0.25) is 0 Å². The highest BCUT2D eigenvalue weighted by Gasteiger charge is 2.06. The van der Waals surface area contributed by atoms with Crippen LogP contribution in [0.15, 0.2) is 15.4 Å². The summed E-state index contributed by atoms with van der Waals surface area (Å²) in [6.07, 6.45) is 0. The van der Waals surface area contributed by atoms with Crippen LogP contribution in [0.1, 0.15) is 10.8 Å². The summed E-state index contributed by atoms with van der Waals surface area (Å²) < 4.78 is 0.863. The molecule has 0 radical (unpaired) electrons. The van der Waals surface area contributed by atoms with Crippen molar-refractivity contribution in [2.24, 2.45) is 0 Å². The normalized spacial score (nSPS) is 10.6. The third-order valence-electron chi connectivity index (χ3n) is 1.48. The van der Waals surface area contributed by atoms with Crippen molar-refractivity contribution in [1.82, 2.24) is 20.2 Å². The van der Waals surface area contributed by atoms with Gasteiger partial charge in [0, 0.05) is 6.07 Å². The second-order valence-corrected chi connectivity index (χ2v) is 5.60. The van der Waals surface area contributed by atoms with Crippen LogP contribution >= 0.6 is 34.7 Å². The molecule has 0 atom stereocenters. The molecule has 0 aliphatic carbocycles. The summed E-state index contributed by atoms with van der Waals surface area (Å²) in [5.74, 6) is 0.659. The van der Waals surface area contributed by atoms with Gasteiger partial charge >= 0.3 is 0 Å². The number of aromatic nitrogens is 4. The maximum absolute atomic E-state index is 5.82. The third kappa shape index (κ3) is 2.87. The summed E-state index contributed by atoms with van der Waals surface area (Å²) in [7, 11) is 0. The molecule has 15 heavy (non-hydrogen) atoms. The molecule has 0 saturated heterocycles. The summed E-state index contributed by atoms with van der Waals surface area (Å²) in [5.41, 5.74) is 0. The molecular weight excluding hydrogens is 252 g/mol. The maximum atomic E-state index is 5.82. The van der Waals surface area contributed by atoms with Crippen molar-refractivity contribution < 1.29 is 0 Å². The van der Waals surface area contributed by atoms with Crippen LogP contribution in [-0.4, -0.2) is 20.2 Å². The van der Waals surface area contributed by atoms with Gasteiger partial charge in [0.1, 0.15) is 21.0 Å². The van der Waals surface area contributed by atoms with E-state index in [2.05, 4.69) is 20.2 Å². The molecule has 2 heterocycles. The molecule has 2 aromatic heterocycles. The van der Waals surface area contributed by atoms with Gasteiger partial charge in [0.15, 0.2) is 4.34 Å². The van der Waals surface area contributed by atoms with Crippen molar-refractivity contribution in [1.29, 1.82) is 0 Å². The van der Waals surface area contributed by atoms with E-state index >= 15 is 0 Å². The molecule has 0 unspecified atom stereocenters. The third-order valence-corrected chi connectivity index (χ3v) is 3.48. The molecule has 0 spiro atoms. The molecule has 0 bridgehead atoms. The number of halogens is 1. The highest BCUT2D eigenvalue weighted by molar-refractivity contribution is 8.01. The van der Waals surface area contributed by atoms with Crippen molar-refractivity contribution in [3.8, 4) is 0 Å². The average Bonchev–Trinajstić information content (AvgIpc) is 2.49. The first-order valence-electron chi connectivity index (χ1n) is 4.12. The topological polar surface area (TPSA) is 51.6 Å². The fourth-order valence-corrected chi connectivity index (χ4v) is 3.07. The minimum absolute atomic E-state index is 0.450. The van der Waals surface area contributed by atoms with Gasteiger partial charge in [-0.15, -0.1) is 10.2 Å². The maximum Gasteiger partial charge on any atom is 0.180 e. The Hall–Kier alpha value is -0.720. The predicted octanol–water partition coefficient (Wildman–Crippen LogP) is 2.75. The lowest BCUT2D eigenvalue weighted by molar-refractivity contribution is 0.955. The molecule has 0 aromatic carbocycles. The number of aryl methyl sites for hydroxylation is 2. The largest absolute Gasteiger partial charge is 0.226 e. The molecule has 4 nitrogen and oxygen atoms in total. The van der Waals surface area contributed by atoms with Crippen LogP contribution < -0.4 is 0 Å². The highest BCUT2D eigenvalue weighted by Crippen LogP contribution is 2.29.